The van der Waals surface area contributed by atoms with E-state index >= 15 is 0 Å². The first kappa shape index (κ1) is 21.0. The quantitative estimate of drug-likeness (QED) is 0.463. The summed E-state index contributed by atoms with van der Waals surface area (Å²) < 4.78 is 52.6. The van der Waals surface area contributed by atoms with Gasteiger partial charge >= 0.3 is 6.18 Å². The lowest BCUT2D eigenvalue weighted by molar-refractivity contribution is -0.138. The lowest BCUT2D eigenvalue weighted by atomic mass is 10.1. The van der Waals surface area contributed by atoms with E-state index in [1.807, 2.05) is 0 Å². The SMILES string of the molecule is CN(C)C(=O)CNC(=NCc1ccc(F)cc1C(F)(F)F)NC1CCCC1. The highest BCUT2D eigenvalue weighted by atomic mass is 19.4. The number of hydrogen-bond donors (Lipinski definition) is 2. The van der Waals surface area contributed by atoms with Crippen LogP contribution in [0.1, 0.15) is 36.8 Å². The van der Waals surface area contributed by atoms with E-state index in [-0.39, 0.29) is 36.6 Å². The molecule has 0 aliphatic heterocycles. The molecule has 27 heavy (non-hydrogen) atoms. The number of carbonyl (C=O) groups excluding carboxylic acids is 1. The number of nitrogens with one attached hydrogen (secondary N) is 2. The van der Waals surface area contributed by atoms with Crippen molar-refractivity contribution in [3.8, 4) is 0 Å². The molecule has 0 aromatic heterocycles. The molecular weight excluding hydrogens is 364 g/mol. The van der Waals surface area contributed by atoms with Gasteiger partial charge in [-0.1, -0.05) is 18.9 Å². The number of nitrogens with zero attached hydrogens (tertiary/aromatic N) is 2. The predicted octanol–water partition coefficient (Wildman–Crippen LogP) is 2.91. The summed E-state index contributed by atoms with van der Waals surface area (Å²) in [5.74, 6) is -0.864. The van der Waals surface area contributed by atoms with Crippen molar-refractivity contribution in [3.05, 3.63) is 35.1 Å². The Morgan fingerprint density at radius 3 is 2.52 bits per heavy atom. The monoisotopic (exact) mass is 388 g/mol. The van der Waals surface area contributed by atoms with Gasteiger partial charge in [0.05, 0.1) is 18.7 Å². The molecule has 2 N–H and O–H groups in total. The number of rotatable bonds is 5. The van der Waals surface area contributed by atoms with E-state index in [2.05, 4.69) is 15.6 Å². The number of carbonyl (C=O) groups is 1. The summed E-state index contributed by atoms with van der Waals surface area (Å²) in [6, 6.07) is 2.70. The van der Waals surface area contributed by atoms with Crippen LogP contribution in [0.4, 0.5) is 17.6 Å². The number of amides is 1. The van der Waals surface area contributed by atoms with Gasteiger partial charge in [0, 0.05) is 20.1 Å². The topological polar surface area (TPSA) is 56.7 Å². The standard InChI is InChI=1S/C18H24F4N4O/c1-26(2)16(27)11-24-17(25-14-5-3-4-6-14)23-10-12-7-8-13(19)9-15(12)18(20,21)22/h7-9,14H,3-6,10-11H2,1-2H3,(H2,23,24,25). The van der Waals surface area contributed by atoms with Crippen molar-refractivity contribution < 1.29 is 22.4 Å². The van der Waals surface area contributed by atoms with Gasteiger partial charge in [0.25, 0.3) is 0 Å². The molecule has 0 spiro atoms. The van der Waals surface area contributed by atoms with Crippen molar-refractivity contribution in [1.29, 1.82) is 0 Å². The molecule has 1 aliphatic rings. The van der Waals surface area contributed by atoms with Crippen LogP contribution in [0.15, 0.2) is 23.2 Å². The normalized spacial score (nSPS) is 15.7. The summed E-state index contributed by atoms with van der Waals surface area (Å²) in [6.45, 7) is -0.311. The molecule has 1 fully saturated rings. The second-order valence-corrected chi connectivity index (χ2v) is 6.73. The molecule has 1 saturated carbocycles. The minimum atomic E-state index is -4.67. The minimum Gasteiger partial charge on any atom is -0.354 e. The van der Waals surface area contributed by atoms with Crippen molar-refractivity contribution in [2.45, 2.75) is 44.4 Å². The summed E-state index contributed by atoms with van der Waals surface area (Å²) in [5, 5.41) is 6.02. The van der Waals surface area contributed by atoms with Crippen LogP contribution in [-0.4, -0.2) is 43.4 Å². The molecule has 0 atom stereocenters. The average molecular weight is 388 g/mol. The van der Waals surface area contributed by atoms with Crippen LogP contribution in [0.2, 0.25) is 0 Å². The van der Waals surface area contributed by atoms with Gasteiger partial charge in [0.1, 0.15) is 5.82 Å². The molecule has 0 bridgehead atoms. The Bertz CT molecular complexity index is 682. The molecule has 150 valence electrons. The number of alkyl halides is 3. The van der Waals surface area contributed by atoms with E-state index in [1.165, 1.54) is 4.90 Å². The third kappa shape index (κ3) is 6.41. The van der Waals surface area contributed by atoms with Crippen LogP contribution >= 0.6 is 0 Å². The molecule has 9 heteroatoms. The van der Waals surface area contributed by atoms with Gasteiger partial charge in [0.15, 0.2) is 5.96 Å². The summed E-state index contributed by atoms with van der Waals surface area (Å²) in [4.78, 5) is 17.4. The van der Waals surface area contributed by atoms with E-state index < -0.39 is 17.6 Å². The highest BCUT2D eigenvalue weighted by Crippen LogP contribution is 2.32. The smallest absolute Gasteiger partial charge is 0.354 e. The maximum Gasteiger partial charge on any atom is 0.416 e. The molecular formula is C18H24F4N4O. The van der Waals surface area contributed by atoms with Crippen molar-refractivity contribution in [2.24, 2.45) is 4.99 Å². The number of aliphatic imine (C=N–C) groups is 1. The highest BCUT2D eigenvalue weighted by Gasteiger charge is 2.33. The molecule has 1 aromatic carbocycles. The number of likely N-dealkylation sites (N-methyl/N-ethyl adjacent to an activating group) is 1. The fraction of sp³-hybridized carbons (Fsp3) is 0.556. The van der Waals surface area contributed by atoms with Gasteiger partial charge in [0.2, 0.25) is 5.91 Å². The Labute approximate surface area is 155 Å². The summed E-state index contributed by atoms with van der Waals surface area (Å²) in [7, 11) is 3.22. The Balaban J connectivity index is 2.16. The molecule has 5 nitrogen and oxygen atoms in total. The molecule has 0 radical (unpaired) electrons. The lowest BCUT2D eigenvalue weighted by Crippen LogP contribution is -2.46. The lowest BCUT2D eigenvalue weighted by Gasteiger charge is -2.19. The Kier molecular flexibility index (Phi) is 7.04. The Hall–Kier alpha value is -2.32. The molecule has 1 amide bonds. The van der Waals surface area contributed by atoms with Crippen LogP contribution in [0.5, 0.6) is 0 Å². The third-order valence-electron chi connectivity index (χ3n) is 4.39. The van der Waals surface area contributed by atoms with Crippen LogP contribution in [0, 0.1) is 5.82 Å². The molecule has 0 heterocycles. The fourth-order valence-electron chi connectivity index (χ4n) is 2.85. The number of guanidine groups is 1. The zero-order chi connectivity index (χ0) is 20.0. The molecule has 0 saturated heterocycles. The van der Waals surface area contributed by atoms with E-state index in [0.29, 0.717) is 6.07 Å². The van der Waals surface area contributed by atoms with Gasteiger partial charge in [-0.25, -0.2) is 9.38 Å². The van der Waals surface area contributed by atoms with E-state index in [1.54, 1.807) is 14.1 Å². The molecule has 1 aliphatic carbocycles. The average Bonchev–Trinajstić information content (AvgIpc) is 3.09. The van der Waals surface area contributed by atoms with Gasteiger partial charge < -0.3 is 15.5 Å². The van der Waals surface area contributed by atoms with Crippen molar-refractivity contribution in [3.63, 3.8) is 0 Å². The largest absolute Gasteiger partial charge is 0.416 e. The summed E-state index contributed by atoms with van der Waals surface area (Å²) in [6.07, 6.45) is -0.658. The van der Waals surface area contributed by atoms with Gasteiger partial charge in [-0.2, -0.15) is 13.2 Å². The van der Waals surface area contributed by atoms with Crippen molar-refractivity contribution in [2.75, 3.05) is 20.6 Å². The second-order valence-electron chi connectivity index (χ2n) is 6.73. The van der Waals surface area contributed by atoms with Gasteiger partial charge in [-0.05, 0) is 30.5 Å². The van der Waals surface area contributed by atoms with Gasteiger partial charge in [-0.15, -0.1) is 0 Å². The van der Waals surface area contributed by atoms with Crippen LogP contribution in [-0.2, 0) is 17.5 Å². The molecule has 1 aromatic rings. The molecule has 0 unspecified atom stereocenters. The summed E-state index contributed by atoms with van der Waals surface area (Å²) in [5.41, 5.74) is -1.17. The molecule has 2 rings (SSSR count). The predicted molar refractivity (Wildman–Crippen MR) is 94.6 cm³/mol. The fourth-order valence-corrected chi connectivity index (χ4v) is 2.85. The van der Waals surface area contributed by atoms with Crippen LogP contribution < -0.4 is 10.6 Å². The maximum absolute atomic E-state index is 13.2. The second kappa shape index (κ2) is 9.05. The minimum absolute atomic E-state index is 0.0267. The zero-order valence-electron chi connectivity index (χ0n) is 15.4. The van der Waals surface area contributed by atoms with Crippen molar-refractivity contribution in [1.82, 2.24) is 15.5 Å². The van der Waals surface area contributed by atoms with E-state index in [4.69, 9.17) is 0 Å². The summed E-state index contributed by atoms with van der Waals surface area (Å²) >= 11 is 0. The first-order valence-corrected chi connectivity index (χ1v) is 8.77. The van der Waals surface area contributed by atoms with Crippen LogP contribution in [0.3, 0.4) is 0 Å². The Morgan fingerprint density at radius 2 is 1.93 bits per heavy atom. The Morgan fingerprint density at radius 1 is 1.26 bits per heavy atom. The van der Waals surface area contributed by atoms with E-state index in [0.717, 1.165) is 37.8 Å². The first-order valence-electron chi connectivity index (χ1n) is 8.77. The number of hydrogen-bond acceptors (Lipinski definition) is 2. The number of benzene rings is 1. The maximum atomic E-state index is 13.2. The first-order chi connectivity index (χ1) is 12.7. The van der Waals surface area contributed by atoms with Crippen LogP contribution in [0.25, 0.3) is 0 Å². The van der Waals surface area contributed by atoms with Crippen molar-refractivity contribution >= 4 is 11.9 Å². The zero-order valence-corrected chi connectivity index (χ0v) is 15.4. The van der Waals surface area contributed by atoms with Gasteiger partial charge in [-0.3, -0.25) is 4.79 Å². The van der Waals surface area contributed by atoms with E-state index in [9.17, 15) is 22.4 Å². The highest BCUT2D eigenvalue weighted by molar-refractivity contribution is 5.86. The number of halogens is 4. The third-order valence-corrected chi connectivity index (χ3v) is 4.39.